The van der Waals surface area contributed by atoms with E-state index >= 15 is 0 Å². The highest BCUT2D eigenvalue weighted by Crippen LogP contribution is 2.08. The minimum absolute atomic E-state index is 0.0192. The summed E-state index contributed by atoms with van der Waals surface area (Å²) in [5.74, 6) is 0.410. The quantitative estimate of drug-likeness (QED) is 0.622. The molecular formula is C11H11N3OS. The Morgan fingerprint density at radius 3 is 2.75 bits per heavy atom. The molecular weight excluding hydrogens is 222 g/mol. The van der Waals surface area contributed by atoms with Crippen molar-refractivity contribution in [2.45, 2.75) is 6.92 Å². The van der Waals surface area contributed by atoms with Crippen molar-refractivity contribution in [3.8, 4) is 0 Å². The zero-order valence-electron chi connectivity index (χ0n) is 8.80. The highest BCUT2D eigenvalue weighted by molar-refractivity contribution is 8.15. The molecule has 1 aliphatic heterocycles. The Labute approximate surface area is 97.8 Å². The van der Waals surface area contributed by atoms with E-state index in [1.807, 2.05) is 31.2 Å². The number of nitrogens with zero attached hydrogens (tertiary/aromatic N) is 2. The highest BCUT2D eigenvalue weighted by Gasteiger charge is 2.15. The second-order valence-electron chi connectivity index (χ2n) is 3.40. The third kappa shape index (κ3) is 2.93. The molecule has 0 aromatic heterocycles. The number of hydrogen-bond donors (Lipinski definition) is 1. The van der Waals surface area contributed by atoms with Crippen molar-refractivity contribution in [3.63, 3.8) is 0 Å². The lowest BCUT2D eigenvalue weighted by Crippen LogP contribution is -2.19. The number of carbonyl (C=O) groups is 1. The Kier molecular flexibility index (Phi) is 3.36. The first kappa shape index (κ1) is 10.9. The molecule has 0 saturated carbocycles. The SMILES string of the molecule is Cc1ccc(C=NN=C2NC(=O)CS2)cc1. The second-order valence-corrected chi connectivity index (χ2v) is 4.36. The summed E-state index contributed by atoms with van der Waals surface area (Å²) in [6, 6.07) is 7.97. The number of thioether (sulfide) groups is 1. The number of rotatable bonds is 2. The monoisotopic (exact) mass is 233 g/mol. The standard InChI is InChI=1S/C11H11N3OS/c1-8-2-4-9(5-3-8)6-12-14-11-13-10(15)7-16-11/h2-6H,7H2,1H3,(H,13,14,15). The first-order chi connectivity index (χ1) is 7.74. The molecule has 1 aromatic carbocycles. The van der Waals surface area contributed by atoms with Gasteiger partial charge in [-0.3, -0.25) is 4.79 Å². The number of nitrogens with one attached hydrogen (secondary N) is 1. The molecule has 0 aliphatic carbocycles. The van der Waals surface area contributed by atoms with Crippen molar-refractivity contribution in [3.05, 3.63) is 35.4 Å². The van der Waals surface area contributed by atoms with E-state index in [9.17, 15) is 4.79 Å². The van der Waals surface area contributed by atoms with Crippen LogP contribution in [0.5, 0.6) is 0 Å². The molecule has 1 aromatic rings. The second kappa shape index (κ2) is 4.94. The van der Waals surface area contributed by atoms with Crippen molar-refractivity contribution in [1.82, 2.24) is 5.32 Å². The third-order valence-electron chi connectivity index (χ3n) is 2.02. The van der Waals surface area contributed by atoms with Crippen LogP contribution in [0.1, 0.15) is 11.1 Å². The van der Waals surface area contributed by atoms with Crippen LogP contribution < -0.4 is 5.32 Å². The normalized spacial score (nSPS) is 18.3. The van der Waals surface area contributed by atoms with Gasteiger partial charge < -0.3 is 5.32 Å². The molecule has 2 rings (SSSR count). The molecule has 0 bridgehead atoms. The molecule has 1 fully saturated rings. The predicted octanol–water partition coefficient (Wildman–Crippen LogP) is 1.55. The van der Waals surface area contributed by atoms with Crippen LogP contribution in [0.15, 0.2) is 34.5 Å². The van der Waals surface area contributed by atoms with Crippen LogP contribution >= 0.6 is 11.8 Å². The Morgan fingerprint density at radius 1 is 1.38 bits per heavy atom. The molecule has 0 radical (unpaired) electrons. The summed E-state index contributed by atoms with van der Waals surface area (Å²) in [5, 5.41) is 11.0. The van der Waals surface area contributed by atoms with Crippen LogP contribution in [0.2, 0.25) is 0 Å². The van der Waals surface area contributed by atoms with Crippen molar-refractivity contribution >= 4 is 29.1 Å². The summed E-state index contributed by atoms with van der Waals surface area (Å²) in [4.78, 5) is 10.9. The van der Waals surface area contributed by atoms with Gasteiger partial charge in [-0.25, -0.2) is 0 Å². The van der Waals surface area contributed by atoms with Gasteiger partial charge in [0.25, 0.3) is 0 Å². The maximum atomic E-state index is 10.9. The maximum Gasteiger partial charge on any atom is 0.236 e. The minimum atomic E-state index is -0.0192. The molecule has 1 heterocycles. The maximum absolute atomic E-state index is 10.9. The van der Waals surface area contributed by atoms with E-state index in [2.05, 4.69) is 15.5 Å². The smallest absolute Gasteiger partial charge is 0.236 e. The van der Waals surface area contributed by atoms with Gasteiger partial charge in [-0.2, -0.15) is 5.10 Å². The highest BCUT2D eigenvalue weighted by atomic mass is 32.2. The van der Waals surface area contributed by atoms with Gasteiger partial charge in [0.2, 0.25) is 5.91 Å². The summed E-state index contributed by atoms with van der Waals surface area (Å²) in [6.07, 6.45) is 1.66. The van der Waals surface area contributed by atoms with Crippen LogP contribution in [0.3, 0.4) is 0 Å². The zero-order chi connectivity index (χ0) is 11.4. The average molecular weight is 233 g/mol. The summed E-state index contributed by atoms with van der Waals surface area (Å²) in [5.41, 5.74) is 2.20. The lowest BCUT2D eigenvalue weighted by molar-refractivity contribution is -0.116. The van der Waals surface area contributed by atoms with E-state index in [1.165, 1.54) is 17.3 Å². The van der Waals surface area contributed by atoms with Gasteiger partial charge in [-0.15, -0.1) is 5.10 Å². The fraction of sp³-hybridized carbons (Fsp3) is 0.182. The van der Waals surface area contributed by atoms with Crippen LogP contribution in [-0.2, 0) is 4.79 Å². The lowest BCUT2D eigenvalue weighted by Gasteiger charge is -1.93. The van der Waals surface area contributed by atoms with Crippen LogP contribution in [0.4, 0.5) is 0 Å². The largest absolute Gasteiger partial charge is 0.303 e. The number of carbonyl (C=O) groups excluding carboxylic acids is 1. The van der Waals surface area contributed by atoms with E-state index in [-0.39, 0.29) is 5.91 Å². The Hall–Kier alpha value is -1.62. The lowest BCUT2D eigenvalue weighted by atomic mass is 10.2. The van der Waals surface area contributed by atoms with Crippen molar-refractivity contribution in [2.75, 3.05) is 5.75 Å². The van der Waals surface area contributed by atoms with Gasteiger partial charge in [0.15, 0.2) is 5.17 Å². The van der Waals surface area contributed by atoms with E-state index in [0.29, 0.717) is 10.9 Å². The van der Waals surface area contributed by atoms with Gasteiger partial charge in [-0.1, -0.05) is 41.6 Å². The molecule has 0 unspecified atom stereocenters. The first-order valence-electron chi connectivity index (χ1n) is 4.84. The van der Waals surface area contributed by atoms with Crippen LogP contribution in [0.25, 0.3) is 0 Å². The molecule has 5 heteroatoms. The fourth-order valence-electron chi connectivity index (χ4n) is 1.18. The van der Waals surface area contributed by atoms with Crippen LogP contribution in [-0.4, -0.2) is 23.0 Å². The first-order valence-corrected chi connectivity index (χ1v) is 5.83. The van der Waals surface area contributed by atoms with E-state index in [1.54, 1.807) is 6.21 Å². The van der Waals surface area contributed by atoms with E-state index in [4.69, 9.17) is 0 Å². The number of benzene rings is 1. The number of amides is 1. The number of amidine groups is 1. The predicted molar refractivity (Wildman–Crippen MR) is 66.8 cm³/mol. The number of hydrogen-bond acceptors (Lipinski definition) is 4. The molecule has 1 N–H and O–H groups in total. The van der Waals surface area contributed by atoms with Gasteiger partial charge in [0.1, 0.15) is 0 Å². The molecule has 1 saturated heterocycles. The van der Waals surface area contributed by atoms with Crippen molar-refractivity contribution in [2.24, 2.45) is 10.2 Å². The zero-order valence-corrected chi connectivity index (χ0v) is 9.62. The topological polar surface area (TPSA) is 53.8 Å². The molecule has 1 amide bonds. The summed E-state index contributed by atoms with van der Waals surface area (Å²) >= 11 is 1.36. The Morgan fingerprint density at radius 2 is 2.12 bits per heavy atom. The van der Waals surface area contributed by atoms with Gasteiger partial charge in [-0.05, 0) is 12.5 Å². The molecule has 0 atom stereocenters. The minimum Gasteiger partial charge on any atom is -0.303 e. The van der Waals surface area contributed by atoms with E-state index < -0.39 is 0 Å². The Balaban J connectivity index is 1.99. The molecule has 1 aliphatic rings. The molecule has 0 spiro atoms. The molecule has 16 heavy (non-hydrogen) atoms. The van der Waals surface area contributed by atoms with Crippen molar-refractivity contribution in [1.29, 1.82) is 0 Å². The van der Waals surface area contributed by atoms with Crippen LogP contribution in [0, 0.1) is 6.92 Å². The van der Waals surface area contributed by atoms with Gasteiger partial charge in [0.05, 0.1) is 12.0 Å². The van der Waals surface area contributed by atoms with E-state index in [0.717, 1.165) is 5.56 Å². The summed E-state index contributed by atoms with van der Waals surface area (Å²) < 4.78 is 0. The average Bonchev–Trinajstić information content (AvgIpc) is 2.67. The fourth-order valence-corrected chi connectivity index (χ4v) is 1.81. The summed E-state index contributed by atoms with van der Waals surface area (Å²) in [6.45, 7) is 2.03. The molecule has 82 valence electrons. The van der Waals surface area contributed by atoms with Crippen molar-refractivity contribution < 1.29 is 4.79 Å². The number of aryl methyl sites for hydroxylation is 1. The third-order valence-corrected chi connectivity index (χ3v) is 2.88. The van der Waals surface area contributed by atoms with Gasteiger partial charge >= 0.3 is 0 Å². The van der Waals surface area contributed by atoms with Gasteiger partial charge in [0, 0.05) is 0 Å². The molecule has 4 nitrogen and oxygen atoms in total. The summed E-state index contributed by atoms with van der Waals surface area (Å²) in [7, 11) is 0. The Bertz CT molecular complexity index is 451.